The maximum Gasteiger partial charge on any atom is 0.306 e. The van der Waals surface area contributed by atoms with Gasteiger partial charge in [0.2, 0.25) is 5.91 Å². The molecule has 1 aliphatic carbocycles. The lowest BCUT2D eigenvalue weighted by molar-refractivity contribution is -0.143. The average Bonchev–Trinajstić information content (AvgIpc) is 2.93. The van der Waals surface area contributed by atoms with E-state index in [0.717, 1.165) is 30.4 Å². The Morgan fingerprint density at radius 1 is 1.33 bits per heavy atom. The van der Waals surface area contributed by atoms with Crippen LogP contribution < -0.4 is 5.32 Å². The third-order valence-electron chi connectivity index (χ3n) is 4.12. The van der Waals surface area contributed by atoms with Crippen molar-refractivity contribution < 1.29 is 14.7 Å². The molecule has 4 heteroatoms. The molecule has 2 N–H and O–H groups in total. The van der Waals surface area contributed by atoms with Gasteiger partial charge in [-0.2, -0.15) is 0 Å². The van der Waals surface area contributed by atoms with Crippen LogP contribution in [0.5, 0.6) is 0 Å². The molecule has 21 heavy (non-hydrogen) atoms. The number of aryl methyl sites for hydroxylation is 1. The van der Waals surface area contributed by atoms with E-state index >= 15 is 0 Å². The van der Waals surface area contributed by atoms with E-state index in [0.29, 0.717) is 6.54 Å². The smallest absolute Gasteiger partial charge is 0.306 e. The van der Waals surface area contributed by atoms with Gasteiger partial charge in [-0.05, 0) is 42.9 Å². The Hall–Kier alpha value is -2.10. The summed E-state index contributed by atoms with van der Waals surface area (Å²) in [6.07, 6.45) is 5.81. The standard InChI is InChI=1S/C17H21NO3/c1-12-5-2-3-6-13(12)9-10-16(19)18-11-14-7-4-8-15(14)17(20)21/h2-3,5-6,9-10,14-15H,4,7-8,11H2,1H3,(H,18,19)(H,20,21). The molecule has 2 unspecified atom stereocenters. The van der Waals surface area contributed by atoms with Gasteiger partial charge in [0, 0.05) is 12.6 Å². The van der Waals surface area contributed by atoms with Gasteiger partial charge in [-0.15, -0.1) is 0 Å². The lowest BCUT2D eigenvalue weighted by Crippen LogP contribution is -2.32. The minimum atomic E-state index is -0.748. The Kier molecular flexibility index (Phi) is 5.14. The summed E-state index contributed by atoms with van der Waals surface area (Å²) < 4.78 is 0. The highest BCUT2D eigenvalue weighted by atomic mass is 16.4. The summed E-state index contributed by atoms with van der Waals surface area (Å²) in [5, 5.41) is 11.9. The van der Waals surface area contributed by atoms with Crippen molar-refractivity contribution >= 4 is 18.0 Å². The fourth-order valence-corrected chi connectivity index (χ4v) is 2.84. The molecule has 0 aromatic heterocycles. The van der Waals surface area contributed by atoms with Gasteiger partial charge >= 0.3 is 5.97 Å². The number of carbonyl (C=O) groups excluding carboxylic acids is 1. The van der Waals surface area contributed by atoms with Gasteiger partial charge in [0.15, 0.2) is 0 Å². The first-order chi connectivity index (χ1) is 10.1. The van der Waals surface area contributed by atoms with Crippen molar-refractivity contribution in [2.45, 2.75) is 26.2 Å². The van der Waals surface area contributed by atoms with Gasteiger partial charge in [-0.25, -0.2) is 0 Å². The summed E-state index contributed by atoms with van der Waals surface area (Å²) in [6.45, 7) is 2.43. The van der Waals surface area contributed by atoms with Gasteiger partial charge in [-0.1, -0.05) is 30.7 Å². The van der Waals surface area contributed by atoms with Crippen molar-refractivity contribution in [2.24, 2.45) is 11.8 Å². The van der Waals surface area contributed by atoms with E-state index in [9.17, 15) is 9.59 Å². The van der Waals surface area contributed by atoms with Crippen LogP contribution in [0, 0.1) is 18.8 Å². The van der Waals surface area contributed by atoms with Crippen LogP contribution in [0.2, 0.25) is 0 Å². The normalized spacial score (nSPS) is 21.6. The first-order valence-electron chi connectivity index (χ1n) is 7.32. The molecule has 2 rings (SSSR count). The lowest BCUT2D eigenvalue weighted by Gasteiger charge is -2.15. The molecule has 0 aliphatic heterocycles. The fourth-order valence-electron chi connectivity index (χ4n) is 2.84. The Morgan fingerprint density at radius 3 is 2.81 bits per heavy atom. The summed E-state index contributed by atoms with van der Waals surface area (Å²) in [4.78, 5) is 22.9. The number of carboxylic acids is 1. The first-order valence-corrected chi connectivity index (χ1v) is 7.32. The SMILES string of the molecule is Cc1ccccc1C=CC(=O)NCC1CCCC1C(=O)O. The van der Waals surface area contributed by atoms with E-state index < -0.39 is 5.97 Å². The van der Waals surface area contributed by atoms with Crippen LogP contribution in [0.1, 0.15) is 30.4 Å². The number of hydrogen-bond acceptors (Lipinski definition) is 2. The van der Waals surface area contributed by atoms with Crippen molar-refractivity contribution in [1.82, 2.24) is 5.32 Å². The maximum atomic E-state index is 11.8. The molecule has 0 saturated heterocycles. The molecule has 0 spiro atoms. The molecule has 2 atom stereocenters. The van der Waals surface area contributed by atoms with Crippen LogP contribution in [-0.4, -0.2) is 23.5 Å². The van der Waals surface area contributed by atoms with Crippen molar-refractivity contribution in [2.75, 3.05) is 6.54 Å². The monoisotopic (exact) mass is 287 g/mol. The minimum absolute atomic E-state index is 0.0540. The number of aliphatic carboxylic acids is 1. The number of carbonyl (C=O) groups is 2. The number of rotatable bonds is 5. The summed E-state index contributed by atoms with van der Waals surface area (Å²) in [5.41, 5.74) is 2.13. The lowest BCUT2D eigenvalue weighted by atomic mass is 9.96. The maximum absolute atomic E-state index is 11.8. The number of nitrogens with one attached hydrogen (secondary N) is 1. The highest BCUT2D eigenvalue weighted by molar-refractivity contribution is 5.91. The van der Waals surface area contributed by atoms with Gasteiger partial charge in [0.05, 0.1) is 5.92 Å². The van der Waals surface area contributed by atoms with Gasteiger partial charge in [0.1, 0.15) is 0 Å². The zero-order chi connectivity index (χ0) is 15.2. The van der Waals surface area contributed by atoms with Crippen LogP contribution in [0.4, 0.5) is 0 Å². The number of amides is 1. The van der Waals surface area contributed by atoms with Gasteiger partial charge in [0.25, 0.3) is 0 Å². The molecule has 1 aliphatic rings. The molecule has 4 nitrogen and oxygen atoms in total. The topological polar surface area (TPSA) is 66.4 Å². The molecular formula is C17H21NO3. The van der Waals surface area contributed by atoms with Crippen LogP contribution in [0.3, 0.4) is 0 Å². The minimum Gasteiger partial charge on any atom is -0.481 e. The number of benzene rings is 1. The highest BCUT2D eigenvalue weighted by Crippen LogP contribution is 2.31. The highest BCUT2D eigenvalue weighted by Gasteiger charge is 2.32. The molecular weight excluding hydrogens is 266 g/mol. The van der Waals surface area contributed by atoms with Crippen molar-refractivity contribution in [3.8, 4) is 0 Å². The Balaban J connectivity index is 1.85. The molecule has 1 aromatic carbocycles. The second-order valence-electron chi connectivity index (χ2n) is 5.57. The predicted octanol–water partition coefficient (Wildman–Crippen LogP) is 2.63. The van der Waals surface area contributed by atoms with Crippen LogP contribution in [0.15, 0.2) is 30.3 Å². The molecule has 0 heterocycles. The molecule has 1 amide bonds. The van der Waals surface area contributed by atoms with E-state index in [1.807, 2.05) is 31.2 Å². The Bertz CT molecular complexity index is 551. The molecule has 1 saturated carbocycles. The number of carboxylic acid groups (broad SMARTS) is 1. The van der Waals surface area contributed by atoms with Crippen molar-refractivity contribution in [3.63, 3.8) is 0 Å². The average molecular weight is 287 g/mol. The van der Waals surface area contributed by atoms with Crippen molar-refractivity contribution in [3.05, 3.63) is 41.5 Å². The molecule has 1 aromatic rings. The quantitative estimate of drug-likeness (QED) is 0.818. The Labute approximate surface area is 124 Å². The summed E-state index contributed by atoms with van der Waals surface area (Å²) in [7, 11) is 0. The van der Waals surface area contributed by atoms with E-state index in [2.05, 4.69) is 5.32 Å². The summed E-state index contributed by atoms with van der Waals surface area (Å²) in [5.74, 6) is -1.18. The fraction of sp³-hybridized carbons (Fsp3) is 0.412. The Morgan fingerprint density at radius 2 is 2.10 bits per heavy atom. The van der Waals surface area contributed by atoms with Crippen LogP contribution in [-0.2, 0) is 9.59 Å². The number of hydrogen-bond donors (Lipinski definition) is 2. The first kappa shape index (κ1) is 15.3. The van der Waals surface area contributed by atoms with Gasteiger partial charge in [-0.3, -0.25) is 9.59 Å². The van der Waals surface area contributed by atoms with Crippen molar-refractivity contribution in [1.29, 1.82) is 0 Å². The van der Waals surface area contributed by atoms with Gasteiger partial charge < -0.3 is 10.4 Å². The van der Waals surface area contributed by atoms with E-state index in [1.165, 1.54) is 6.08 Å². The second kappa shape index (κ2) is 7.07. The van der Waals surface area contributed by atoms with E-state index in [4.69, 9.17) is 5.11 Å². The third kappa shape index (κ3) is 4.18. The molecule has 1 fully saturated rings. The van der Waals surface area contributed by atoms with E-state index in [-0.39, 0.29) is 17.7 Å². The summed E-state index contributed by atoms with van der Waals surface area (Å²) in [6, 6.07) is 7.84. The van der Waals surface area contributed by atoms with Crippen LogP contribution in [0.25, 0.3) is 6.08 Å². The summed E-state index contributed by atoms with van der Waals surface area (Å²) >= 11 is 0. The predicted molar refractivity (Wildman–Crippen MR) is 81.7 cm³/mol. The molecule has 0 radical (unpaired) electrons. The zero-order valence-corrected chi connectivity index (χ0v) is 12.2. The largest absolute Gasteiger partial charge is 0.481 e. The second-order valence-corrected chi connectivity index (χ2v) is 5.57. The zero-order valence-electron chi connectivity index (χ0n) is 12.2. The van der Waals surface area contributed by atoms with E-state index in [1.54, 1.807) is 6.08 Å². The third-order valence-corrected chi connectivity index (χ3v) is 4.12. The molecule has 0 bridgehead atoms. The molecule has 112 valence electrons. The van der Waals surface area contributed by atoms with Crippen LogP contribution >= 0.6 is 0 Å².